The van der Waals surface area contributed by atoms with E-state index in [1.54, 1.807) is 0 Å². The van der Waals surface area contributed by atoms with E-state index in [-0.39, 0.29) is 11.8 Å². The van der Waals surface area contributed by atoms with Crippen LogP contribution in [0.3, 0.4) is 0 Å². The minimum Gasteiger partial charge on any atom is -0.339 e. The van der Waals surface area contributed by atoms with Gasteiger partial charge in [0.2, 0.25) is 5.91 Å². The lowest BCUT2D eigenvalue weighted by molar-refractivity contribution is -0.131. The Morgan fingerprint density at radius 3 is 2.04 bits per heavy atom. The number of rotatable bonds is 3. The van der Waals surface area contributed by atoms with Crippen LogP contribution in [0, 0.1) is 6.92 Å². The number of carbonyl (C=O) groups is 2. The predicted molar refractivity (Wildman–Crippen MR) is 102 cm³/mol. The molecule has 1 heterocycles. The lowest BCUT2D eigenvalue weighted by atomic mass is 10.1. The van der Waals surface area contributed by atoms with E-state index in [2.05, 4.69) is 15.9 Å². The van der Waals surface area contributed by atoms with Crippen LogP contribution in [0.1, 0.15) is 21.5 Å². The molecule has 0 saturated carbocycles. The number of benzene rings is 2. The number of amides is 2. The van der Waals surface area contributed by atoms with Crippen LogP contribution in [0.4, 0.5) is 0 Å². The summed E-state index contributed by atoms with van der Waals surface area (Å²) in [5.74, 6) is 0.157. The normalized spacial score (nSPS) is 14.5. The standard InChI is InChI=1S/C20H21BrN2O2/c1-15-2-6-17(7-3-15)20(25)23-12-10-22(11-13-23)19(24)14-16-4-8-18(21)9-5-16/h2-9H,10-14H2,1H3. The molecule has 0 spiro atoms. The van der Waals surface area contributed by atoms with E-state index in [0.717, 1.165) is 15.6 Å². The molecule has 4 nitrogen and oxygen atoms in total. The lowest BCUT2D eigenvalue weighted by Gasteiger charge is -2.35. The fraction of sp³-hybridized carbons (Fsp3) is 0.300. The molecule has 2 amide bonds. The Balaban J connectivity index is 1.54. The summed E-state index contributed by atoms with van der Waals surface area (Å²) in [5.41, 5.74) is 2.85. The van der Waals surface area contributed by atoms with Gasteiger partial charge in [0.1, 0.15) is 0 Å². The van der Waals surface area contributed by atoms with Crippen molar-refractivity contribution in [3.05, 3.63) is 69.7 Å². The van der Waals surface area contributed by atoms with Crippen LogP contribution < -0.4 is 0 Å². The van der Waals surface area contributed by atoms with Crippen molar-refractivity contribution in [1.82, 2.24) is 9.80 Å². The molecule has 0 aliphatic carbocycles. The first-order valence-corrected chi connectivity index (χ1v) is 9.20. The quantitative estimate of drug-likeness (QED) is 0.792. The van der Waals surface area contributed by atoms with Crippen LogP contribution in [0.15, 0.2) is 53.0 Å². The second-order valence-corrected chi connectivity index (χ2v) is 7.26. The van der Waals surface area contributed by atoms with Gasteiger partial charge in [-0.3, -0.25) is 9.59 Å². The van der Waals surface area contributed by atoms with E-state index in [9.17, 15) is 9.59 Å². The summed E-state index contributed by atoms with van der Waals surface area (Å²) < 4.78 is 1.01. The Bertz CT molecular complexity index is 748. The van der Waals surface area contributed by atoms with Gasteiger partial charge in [0.15, 0.2) is 0 Å². The lowest BCUT2D eigenvalue weighted by Crippen LogP contribution is -2.51. The van der Waals surface area contributed by atoms with Gasteiger partial charge in [-0.2, -0.15) is 0 Å². The molecule has 5 heteroatoms. The number of halogens is 1. The van der Waals surface area contributed by atoms with Crippen molar-refractivity contribution in [2.75, 3.05) is 26.2 Å². The molecule has 3 rings (SSSR count). The first-order chi connectivity index (χ1) is 12.0. The van der Waals surface area contributed by atoms with E-state index in [1.807, 2.05) is 65.3 Å². The molecule has 2 aromatic rings. The highest BCUT2D eigenvalue weighted by Crippen LogP contribution is 2.14. The monoisotopic (exact) mass is 400 g/mol. The Morgan fingerprint density at radius 1 is 0.880 bits per heavy atom. The summed E-state index contributed by atoms with van der Waals surface area (Å²) in [6.45, 7) is 4.35. The first kappa shape index (κ1) is 17.7. The maximum atomic E-state index is 12.5. The Kier molecular flexibility index (Phi) is 5.53. The summed E-state index contributed by atoms with van der Waals surface area (Å²) in [6, 6.07) is 15.4. The van der Waals surface area contributed by atoms with E-state index in [0.29, 0.717) is 38.2 Å². The smallest absolute Gasteiger partial charge is 0.253 e. The second kappa shape index (κ2) is 7.83. The van der Waals surface area contributed by atoms with Crippen molar-refractivity contribution < 1.29 is 9.59 Å². The average Bonchev–Trinajstić information content (AvgIpc) is 2.64. The summed E-state index contributed by atoms with van der Waals surface area (Å²) in [5, 5.41) is 0. The van der Waals surface area contributed by atoms with Gasteiger partial charge < -0.3 is 9.80 Å². The minimum absolute atomic E-state index is 0.0417. The summed E-state index contributed by atoms with van der Waals surface area (Å²) in [6.07, 6.45) is 0.402. The highest BCUT2D eigenvalue weighted by Gasteiger charge is 2.24. The second-order valence-electron chi connectivity index (χ2n) is 6.34. The molecule has 0 unspecified atom stereocenters. The zero-order chi connectivity index (χ0) is 17.8. The summed E-state index contributed by atoms with van der Waals surface area (Å²) >= 11 is 3.40. The number of aryl methyl sites for hydroxylation is 1. The van der Waals surface area contributed by atoms with Crippen molar-refractivity contribution in [3.63, 3.8) is 0 Å². The van der Waals surface area contributed by atoms with Crippen LogP contribution in [0.2, 0.25) is 0 Å². The van der Waals surface area contributed by atoms with Gasteiger partial charge in [0.25, 0.3) is 5.91 Å². The number of piperazine rings is 1. The minimum atomic E-state index is 0.0417. The molecule has 0 N–H and O–H groups in total. The number of hydrogen-bond acceptors (Lipinski definition) is 2. The topological polar surface area (TPSA) is 40.6 Å². The number of nitrogens with zero attached hydrogens (tertiary/aromatic N) is 2. The molecule has 2 aromatic carbocycles. The average molecular weight is 401 g/mol. The van der Waals surface area contributed by atoms with Gasteiger partial charge in [-0.1, -0.05) is 45.8 Å². The first-order valence-electron chi connectivity index (χ1n) is 8.41. The van der Waals surface area contributed by atoms with Gasteiger partial charge in [-0.25, -0.2) is 0 Å². The Hall–Kier alpha value is -2.14. The maximum absolute atomic E-state index is 12.5. The highest BCUT2D eigenvalue weighted by atomic mass is 79.9. The molecule has 0 atom stereocenters. The van der Waals surface area contributed by atoms with E-state index < -0.39 is 0 Å². The van der Waals surface area contributed by atoms with Gasteiger partial charge >= 0.3 is 0 Å². The van der Waals surface area contributed by atoms with Gasteiger partial charge in [-0.15, -0.1) is 0 Å². The van der Waals surface area contributed by atoms with Crippen LogP contribution in [0.25, 0.3) is 0 Å². The fourth-order valence-corrected chi connectivity index (χ4v) is 3.19. The fourth-order valence-electron chi connectivity index (χ4n) is 2.93. The molecule has 1 aliphatic rings. The zero-order valence-corrected chi connectivity index (χ0v) is 15.8. The Labute approximate surface area is 156 Å². The molecule has 0 aromatic heterocycles. The Morgan fingerprint density at radius 2 is 1.44 bits per heavy atom. The van der Waals surface area contributed by atoms with E-state index in [1.165, 1.54) is 0 Å². The predicted octanol–water partition coefficient (Wildman–Crippen LogP) is 3.28. The van der Waals surface area contributed by atoms with E-state index >= 15 is 0 Å². The number of carbonyl (C=O) groups excluding carboxylic acids is 2. The summed E-state index contributed by atoms with van der Waals surface area (Å²) in [4.78, 5) is 28.7. The van der Waals surface area contributed by atoms with Crippen LogP contribution in [-0.2, 0) is 11.2 Å². The molecular formula is C20H21BrN2O2. The third-order valence-electron chi connectivity index (χ3n) is 4.49. The van der Waals surface area contributed by atoms with Crippen molar-refractivity contribution in [3.8, 4) is 0 Å². The summed E-state index contributed by atoms with van der Waals surface area (Å²) in [7, 11) is 0. The molecule has 1 aliphatic heterocycles. The molecule has 0 radical (unpaired) electrons. The highest BCUT2D eigenvalue weighted by molar-refractivity contribution is 9.10. The van der Waals surface area contributed by atoms with Gasteiger partial charge in [0.05, 0.1) is 6.42 Å². The molecule has 1 saturated heterocycles. The third-order valence-corrected chi connectivity index (χ3v) is 5.02. The van der Waals surface area contributed by atoms with Gasteiger partial charge in [0, 0.05) is 36.2 Å². The van der Waals surface area contributed by atoms with Crippen molar-refractivity contribution in [2.24, 2.45) is 0 Å². The van der Waals surface area contributed by atoms with Crippen LogP contribution >= 0.6 is 15.9 Å². The van der Waals surface area contributed by atoms with Crippen molar-refractivity contribution in [1.29, 1.82) is 0 Å². The molecule has 25 heavy (non-hydrogen) atoms. The van der Waals surface area contributed by atoms with E-state index in [4.69, 9.17) is 0 Å². The molecule has 130 valence electrons. The van der Waals surface area contributed by atoms with Crippen molar-refractivity contribution >= 4 is 27.7 Å². The molecular weight excluding hydrogens is 380 g/mol. The maximum Gasteiger partial charge on any atom is 0.253 e. The van der Waals surface area contributed by atoms with Crippen LogP contribution in [-0.4, -0.2) is 47.8 Å². The van der Waals surface area contributed by atoms with Gasteiger partial charge in [-0.05, 0) is 36.8 Å². The molecule has 1 fully saturated rings. The zero-order valence-electron chi connectivity index (χ0n) is 14.2. The SMILES string of the molecule is Cc1ccc(C(=O)N2CCN(C(=O)Cc3ccc(Br)cc3)CC2)cc1. The molecule has 0 bridgehead atoms. The van der Waals surface area contributed by atoms with Crippen molar-refractivity contribution in [2.45, 2.75) is 13.3 Å². The van der Waals surface area contributed by atoms with Crippen LogP contribution in [0.5, 0.6) is 0 Å². The largest absolute Gasteiger partial charge is 0.339 e. The third kappa shape index (κ3) is 4.48. The number of hydrogen-bond donors (Lipinski definition) is 0.